The molecule has 148 valence electrons. The van der Waals surface area contributed by atoms with E-state index in [0.29, 0.717) is 23.6 Å². The van der Waals surface area contributed by atoms with Gasteiger partial charge in [-0.3, -0.25) is 9.59 Å². The first-order chi connectivity index (χ1) is 13.9. The second-order valence-corrected chi connectivity index (χ2v) is 7.73. The molecule has 1 saturated heterocycles. The summed E-state index contributed by atoms with van der Waals surface area (Å²) in [5, 5.41) is 12.5. The van der Waals surface area contributed by atoms with Gasteiger partial charge in [0.1, 0.15) is 5.76 Å². The van der Waals surface area contributed by atoms with Gasteiger partial charge in [0.05, 0.1) is 21.7 Å². The Kier molecular flexibility index (Phi) is 5.11. The molecule has 0 radical (unpaired) electrons. The Morgan fingerprint density at radius 2 is 1.90 bits per heavy atom. The molecule has 0 bridgehead atoms. The zero-order valence-electron chi connectivity index (χ0n) is 15.6. The van der Waals surface area contributed by atoms with Gasteiger partial charge >= 0.3 is 0 Å². The minimum absolute atomic E-state index is 0.0478. The average Bonchev–Trinajstić information content (AvgIpc) is 3.24. The SMILES string of the molecule is CCCN1C(=O)C(=O)/C(=C(/O)c2ccc(Cl)c(Cl)c2)C1c1c[nH]c2ccccc12. The van der Waals surface area contributed by atoms with Crippen LogP contribution in [0.25, 0.3) is 16.7 Å². The van der Waals surface area contributed by atoms with E-state index in [1.54, 1.807) is 18.3 Å². The molecule has 1 amide bonds. The van der Waals surface area contributed by atoms with Crippen molar-refractivity contribution < 1.29 is 14.7 Å². The van der Waals surface area contributed by atoms with E-state index in [9.17, 15) is 14.7 Å². The minimum atomic E-state index is -0.711. The van der Waals surface area contributed by atoms with Crippen molar-refractivity contribution >= 4 is 51.6 Å². The fourth-order valence-corrected chi connectivity index (χ4v) is 4.09. The third-order valence-corrected chi connectivity index (χ3v) is 5.85. The topological polar surface area (TPSA) is 73.4 Å². The number of carbonyl (C=O) groups is 2. The number of fused-ring (bicyclic) bond motifs is 1. The van der Waals surface area contributed by atoms with Gasteiger partial charge in [0.25, 0.3) is 11.7 Å². The summed E-state index contributed by atoms with van der Waals surface area (Å²) in [6.45, 7) is 2.33. The number of H-pyrrole nitrogens is 1. The number of aliphatic hydroxyl groups is 1. The van der Waals surface area contributed by atoms with Crippen LogP contribution in [0.2, 0.25) is 10.0 Å². The molecule has 2 N–H and O–H groups in total. The van der Waals surface area contributed by atoms with Crippen molar-refractivity contribution in [3.05, 3.63) is 75.4 Å². The van der Waals surface area contributed by atoms with Crippen LogP contribution in [0, 0.1) is 0 Å². The average molecular weight is 429 g/mol. The maximum Gasteiger partial charge on any atom is 0.295 e. The predicted molar refractivity (Wildman–Crippen MR) is 114 cm³/mol. The number of aromatic amines is 1. The number of hydrogen-bond donors (Lipinski definition) is 2. The van der Waals surface area contributed by atoms with Gasteiger partial charge in [-0.05, 0) is 30.7 Å². The summed E-state index contributed by atoms with van der Waals surface area (Å²) in [5.74, 6) is -1.60. The first kappa shape index (κ1) is 19.6. The Morgan fingerprint density at radius 3 is 2.62 bits per heavy atom. The van der Waals surface area contributed by atoms with Crippen molar-refractivity contribution in [2.45, 2.75) is 19.4 Å². The molecule has 0 aliphatic carbocycles. The summed E-state index contributed by atoms with van der Waals surface area (Å²) < 4.78 is 0. The molecular weight excluding hydrogens is 411 g/mol. The fourth-order valence-electron chi connectivity index (χ4n) is 3.79. The summed E-state index contributed by atoms with van der Waals surface area (Å²) in [6.07, 6.45) is 2.46. The van der Waals surface area contributed by atoms with E-state index in [-0.39, 0.29) is 16.4 Å². The number of nitrogens with one attached hydrogen (secondary N) is 1. The number of Topliss-reactive ketones (excluding diaryl/α,β-unsaturated/α-hetero) is 1. The minimum Gasteiger partial charge on any atom is -0.507 e. The largest absolute Gasteiger partial charge is 0.507 e. The van der Waals surface area contributed by atoms with Crippen LogP contribution in [0.3, 0.4) is 0 Å². The fraction of sp³-hybridized carbons (Fsp3) is 0.182. The third-order valence-electron chi connectivity index (χ3n) is 5.11. The summed E-state index contributed by atoms with van der Waals surface area (Å²) in [6, 6.07) is 11.5. The molecule has 1 unspecified atom stereocenters. The van der Waals surface area contributed by atoms with Crippen LogP contribution in [-0.4, -0.2) is 33.2 Å². The molecule has 1 fully saturated rings. The number of benzene rings is 2. The van der Waals surface area contributed by atoms with E-state index in [4.69, 9.17) is 23.2 Å². The molecule has 1 aromatic heterocycles. The standard InChI is InChI=1S/C22H18Cl2N2O3/c1-2-9-26-19(14-11-25-17-6-4-3-5-13(14)17)18(21(28)22(26)29)20(27)12-7-8-15(23)16(24)10-12/h3-8,10-11,19,25,27H,2,9H2,1H3/b20-18+. The molecule has 3 aromatic rings. The highest BCUT2D eigenvalue weighted by molar-refractivity contribution is 6.47. The molecular formula is C22H18Cl2N2O3. The maximum atomic E-state index is 12.9. The van der Waals surface area contributed by atoms with Crippen LogP contribution in [-0.2, 0) is 9.59 Å². The van der Waals surface area contributed by atoms with E-state index in [1.807, 2.05) is 31.2 Å². The van der Waals surface area contributed by atoms with Crippen molar-refractivity contribution in [3.63, 3.8) is 0 Å². The van der Waals surface area contributed by atoms with Gasteiger partial charge in [-0.2, -0.15) is 0 Å². The number of hydrogen-bond acceptors (Lipinski definition) is 3. The van der Waals surface area contributed by atoms with Gasteiger partial charge in [-0.1, -0.05) is 48.3 Å². The number of likely N-dealkylation sites (tertiary alicyclic amines) is 1. The van der Waals surface area contributed by atoms with Crippen molar-refractivity contribution in [1.29, 1.82) is 0 Å². The van der Waals surface area contributed by atoms with Crippen LogP contribution < -0.4 is 0 Å². The Balaban J connectivity index is 1.95. The Bertz CT molecular complexity index is 1170. The summed E-state index contributed by atoms with van der Waals surface area (Å²) >= 11 is 12.1. The van der Waals surface area contributed by atoms with Crippen molar-refractivity contribution in [2.75, 3.05) is 6.54 Å². The van der Waals surface area contributed by atoms with Crippen LogP contribution >= 0.6 is 23.2 Å². The number of aliphatic hydroxyl groups excluding tert-OH is 1. The monoisotopic (exact) mass is 428 g/mol. The molecule has 2 aromatic carbocycles. The summed E-state index contributed by atoms with van der Waals surface area (Å²) in [5.41, 5.74) is 2.03. The van der Waals surface area contributed by atoms with Crippen LogP contribution in [0.1, 0.15) is 30.5 Å². The summed E-state index contributed by atoms with van der Waals surface area (Å²) in [7, 11) is 0. The van der Waals surface area contributed by atoms with E-state index in [0.717, 1.165) is 16.5 Å². The number of halogens is 2. The lowest BCUT2D eigenvalue weighted by molar-refractivity contribution is -0.139. The van der Waals surface area contributed by atoms with E-state index >= 15 is 0 Å². The van der Waals surface area contributed by atoms with Crippen LogP contribution in [0.15, 0.2) is 54.2 Å². The molecule has 1 aliphatic heterocycles. The smallest absolute Gasteiger partial charge is 0.295 e. The summed E-state index contributed by atoms with van der Waals surface area (Å²) in [4.78, 5) is 30.4. The molecule has 1 aliphatic rings. The molecule has 2 heterocycles. The Hall–Kier alpha value is -2.76. The first-order valence-corrected chi connectivity index (χ1v) is 9.99. The number of para-hydroxylation sites is 1. The van der Waals surface area contributed by atoms with E-state index in [1.165, 1.54) is 11.0 Å². The highest BCUT2D eigenvalue weighted by Gasteiger charge is 2.46. The predicted octanol–water partition coefficient (Wildman–Crippen LogP) is 5.31. The van der Waals surface area contributed by atoms with Crippen LogP contribution in [0.5, 0.6) is 0 Å². The number of nitrogens with zero attached hydrogens (tertiary/aromatic N) is 1. The zero-order chi connectivity index (χ0) is 20.7. The second-order valence-electron chi connectivity index (χ2n) is 6.91. The molecule has 1 atom stereocenters. The maximum absolute atomic E-state index is 12.9. The molecule has 4 rings (SSSR count). The van der Waals surface area contributed by atoms with Gasteiger partial charge in [-0.15, -0.1) is 0 Å². The molecule has 29 heavy (non-hydrogen) atoms. The van der Waals surface area contributed by atoms with Gasteiger partial charge in [-0.25, -0.2) is 0 Å². The van der Waals surface area contributed by atoms with Gasteiger partial charge in [0.15, 0.2) is 0 Å². The highest BCUT2D eigenvalue weighted by atomic mass is 35.5. The Labute approximate surface area is 177 Å². The molecule has 7 heteroatoms. The molecule has 0 saturated carbocycles. The van der Waals surface area contributed by atoms with E-state index < -0.39 is 17.7 Å². The quantitative estimate of drug-likeness (QED) is 0.336. The lowest BCUT2D eigenvalue weighted by Gasteiger charge is -2.24. The molecule has 0 spiro atoms. The third kappa shape index (κ3) is 3.20. The number of carbonyl (C=O) groups excluding carboxylic acids is 2. The number of aromatic nitrogens is 1. The number of rotatable bonds is 4. The van der Waals surface area contributed by atoms with Crippen molar-refractivity contribution in [3.8, 4) is 0 Å². The number of amides is 1. The number of ketones is 1. The lowest BCUT2D eigenvalue weighted by Crippen LogP contribution is -2.30. The van der Waals surface area contributed by atoms with Gasteiger partial charge in [0.2, 0.25) is 0 Å². The van der Waals surface area contributed by atoms with Crippen molar-refractivity contribution in [2.24, 2.45) is 0 Å². The van der Waals surface area contributed by atoms with Crippen LogP contribution in [0.4, 0.5) is 0 Å². The van der Waals surface area contributed by atoms with Crippen molar-refractivity contribution in [1.82, 2.24) is 9.88 Å². The second kappa shape index (κ2) is 7.58. The van der Waals surface area contributed by atoms with Gasteiger partial charge < -0.3 is 15.0 Å². The molecule has 5 nitrogen and oxygen atoms in total. The normalized spacial score (nSPS) is 18.7. The first-order valence-electron chi connectivity index (χ1n) is 9.24. The lowest BCUT2D eigenvalue weighted by atomic mass is 9.95. The highest BCUT2D eigenvalue weighted by Crippen LogP contribution is 2.42. The van der Waals surface area contributed by atoms with Gasteiger partial charge in [0, 0.05) is 34.8 Å². The zero-order valence-corrected chi connectivity index (χ0v) is 17.1. The Morgan fingerprint density at radius 1 is 1.14 bits per heavy atom. The van der Waals surface area contributed by atoms with E-state index in [2.05, 4.69) is 4.98 Å².